The maximum absolute atomic E-state index is 6.12. The third-order valence-electron chi connectivity index (χ3n) is 4.76. The summed E-state index contributed by atoms with van der Waals surface area (Å²) in [6.45, 7) is 6.74. The lowest BCUT2D eigenvalue weighted by Gasteiger charge is -2.22. The average Bonchev–Trinajstić information content (AvgIpc) is 2.65. The fourth-order valence-electron chi connectivity index (χ4n) is 3.05. The van der Waals surface area contributed by atoms with E-state index in [0.29, 0.717) is 0 Å². The summed E-state index contributed by atoms with van der Waals surface area (Å²) >= 11 is 0. The molecule has 0 bridgehead atoms. The van der Waals surface area contributed by atoms with Crippen molar-refractivity contribution in [2.24, 2.45) is 11.7 Å². The van der Waals surface area contributed by atoms with Gasteiger partial charge in [-0.2, -0.15) is 0 Å². The van der Waals surface area contributed by atoms with Crippen LogP contribution < -0.4 is 5.73 Å². The smallest absolute Gasteiger partial charge is 0.108 e. The van der Waals surface area contributed by atoms with Crippen molar-refractivity contribution in [3.05, 3.63) is 36.8 Å². The Morgan fingerprint density at radius 3 is 1.92 bits per heavy atom. The van der Waals surface area contributed by atoms with Crippen molar-refractivity contribution in [3.8, 4) is 0 Å². The Morgan fingerprint density at radius 1 is 0.731 bits per heavy atom. The van der Waals surface area contributed by atoms with E-state index in [2.05, 4.69) is 45.1 Å². The average molecular weight is 364 g/mol. The Hall–Kier alpha value is -1.18. The molecule has 0 aromatic rings. The van der Waals surface area contributed by atoms with Crippen LogP contribution >= 0.6 is 0 Å². The number of ether oxygens (including phenoxy) is 1. The highest BCUT2D eigenvalue weighted by Gasteiger charge is 2.16. The van der Waals surface area contributed by atoms with Gasteiger partial charge < -0.3 is 10.5 Å². The quantitative estimate of drug-likeness (QED) is 0.154. The SMILES string of the molecule is CCCCCCC=COC(CCCC)C(C=CN)C=CCCCCCC. The zero-order chi connectivity index (χ0) is 19.3. The van der Waals surface area contributed by atoms with Crippen molar-refractivity contribution in [2.75, 3.05) is 0 Å². The summed E-state index contributed by atoms with van der Waals surface area (Å²) in [6, 6.07) is 0. The van der Waals surface area contributed by atoms with E-state index in [1.54, 1.807) is 6.20 Å². The summed E-state index contributed by atoms with van der Waals surface area (Å²) in [5.41, 5.74) is 5.70. The fraction of sp³-hybridized carbons (Fsp3) is 0.750. The molecule has 2 atom stereocenters. The Bertz CT molecular complexity index is 359. The first kappa shape index (κ1) is 24.8. The highest BCUT2D eigenvalue weighted by molar-refractivity contribution is 5.03. The number of allylic oxidation sites excluding steroid dienone is 2. The van der Waals surface area contributed by atoms with Gasteiger partial charge in [0.1, 0.15) is 6.10 Å². The van der Waals surface area contributed by atoms with E-state index in [0.717, 1.165) is 19.3 Å². The molecular weight excluding hydrogens is 318 g/mol. The van der Waals surface area contributed by atoms with E-state index in [-0.39, 0.29) is 12.0 Å². The molecule has 0 aromatic heterocycles. The minimum atomic E-state index is 0.188. The highest BCUT2D eigenvalue weighted by atomic mass is 16.5. The van der Waals surface area contributed by atoms with Gasteiger partial charge in [0.2, 0.25) is 0 Å². The van der Waals surface area contributed by atoms with E-state index < -0.39 is 0 Å². The van der Waals surface area contributed by atoms with Crippen LogP contribution in [0, 0.1) is 5.92 Å². The van der Waals surface area contributed by atoms with Crippen molar-refractivity contribution in [1.82, 2.24) is 0 Å². The summed E-state index contributed by atoms with van der Waals surface area (Å²) in [4.78, 5) is 0. The Labute approximate surface area is 164 Å². The van der Waals surface area contributed by atoms with E-state index >= 15 is 0 Å². The summed E-state index contributed by atoms with van der Waals surface area (Å²) in [6.07, 6.45) is 28.8. The summed E-state index contributed by atoms with van der Waals surface area (Å²) in [7, 11) is 0. The molecule has 0 saturated carbocycles. The molecule has 0 aliphatic rings. The first-order valence-electron chi connectivity index (χ1n) is 11.2. The van der Waals surface area contributed by atoms with Crippen molar-refractivity contribution < 1.29 is 4.74 Å². The summed E-state index contributed by atoms with van der Waals surface area (Å²) in [5.74, 6) is 0.266. The number of hydrogen-bond donors (Lipinski definition) is 1. The first-order chi connectivity index (χ1) is 12.8. The van der Waals surface area contributed by atoms with Crippen LogP contribution in [0.15, 0.2) is 36.8 Å². The molecule has 0 spiro atoms. The summed E-state index contributed by atoms with van der Waals surface area (Å²) in [5, 5.41) is 0. The van der Waals surface area contributed by atoms with Gasteiger partial charge in [0.15, 0.2) is 0 Å². The lowest BCUT2D eigenvalue weighted by molar-refractivity contribution is 0.110. The second kappa shape index (κ2) is 20.1. The van der Waals surface area contributed by atoms with Gasteiger partial charge in [-0.15, -0.1) is 0 Å². The second-order valence-electron chi connectivity index (χ2n) is 7.28. The van der Waals surface area contributed by atoms with Gasteiger partial charge in [0, 0.05) is 5.92 Å². The molecule has 2 unspecified atom stereocenters. The predicted molar refractivity (Wildman–Crippen MR) is 117 cm³/mol. The number of rotatable bonds is 18. The molecule has 0 saturated heterocycles. The molecule has 0 aliphatic carbocycles. The van der Waals surface area contributed by atoms with Crippen molar-refractivity contribution >= 4 is 0 Å². The topological polar surface area (TPSA) is 35.2 Å². The van der Waals surface area contributed by atoms with Crippen LogP contribution in [0.3, 0.4) is 0 Å². The van der Waals surface area contributed by atoms with Gasteiger partial charge >= 0.3 is 0 Å². The van der Waals surface area contributed by atoms with Crippen LogP contribution in [0.5, 0.6) is 0 Å². The maximum atomic E-state index is 6.12. The molecule has 0 rings (SSSR count). The molecule has 2 N–H and O–H groups in total. The molecular formula is C24H45NO. The number of nitrogens with two attached hydrogens (primary N) is 1. The molecule has 0 amide bonds. The minimum Gasteiger partial charge on any atom is -0.497 e. The van der Waals surface area contributed by atoms with Crippen LogP contribution in [0.2, 0.25) is 0 Å². The Morgan fingerprint density at radius 2 is 1.35 bits per heavy atom. The molecule has 2 nitrogen and oxygen atoms in total. The lowest BCUT2D eigenvalue weighted by Crippen LogP contribution is -2.19. The van der Waals surface area contributed by atoms with E-state index in [9.17, 15) is 0 Å². The third-order valence-corrected chi connectivity index (χ3v) is 4.76. The third kappa shape index (κ3) is 15.1. The lowest BCUT2D eigenvalue weighted by atomic mass is 9.96. The molecule has 0 radical (unpaired) electrons. The molecule has 2 heteroatoms. The maximum Gasteiger partial charge on any atom is 0.108 e. The first-order valence-corrected chi connectivity index (χ1v) is 11.2. The van der Waals surface area contributed by atoms with Crippen molar-refractivity contribution in [2.45, 2.75) is 110 Å². The molecule has 0 aromatic carbocycles. The molecule has 0 aliphatic heterocycles. The molecule has 152 valence electrons. The van der Waals surface area contributed by atoms with Crippen LogP contribution in [0.4, 0.5) is 0 Å². The van der Waals surface area contributed by atoms with Gasteiger partial charge in [0.05, 0.1) is 6.26 Å². The van der Waals surface area contributed by atoms with Crippen LogP contribution in [-0.2, 0) is 4.74 Å². The highest BCUT2D eigenvalue weighted by Crippen LogP contribution is 2.19. The van der Waals surface area contributed by atoms with Crippen molar-refractivity contribution in [1.29, 1.82) is 0 Å². The Balaban J connectivity index is 4.48. The monoisotopic (exact) mass is 363 g/mol. The van der Waals surface area contributed by atoms with Crippen molar-refractivity contribution in [3.63, 3.8) is 0 Å². The standard InChI is InChI=1S/C24H45NO/c1-4-7-10-12-14-16-18-23(20-21-25)24(19-9-6-3)26-22-17-15-13-11-8-5-2/h16-18,20-24H,4-15,19,25H2,1-3H3. The Kier molecular flexibility index (Phi) is 19.2. The minimum absolute atomic E-state index is 0.188. The fourth-order valence-corrected chi connectivity index (χ4v) is 3.05. The van der Waals surface area contributed by atoms with E-state index in [4.69, 9.17) is 10.5 Å². The zero-order valence-corrected chi connectivity index (χ0v) is 17.8. The van der Waals surface area contributed by atoms with Crippen LogP contribution in [0.1, 0.15) is 104 Å². The molecule has 0 heterocycles. The summed E-state index contributed by atoms with van der Waals surface area (Å²) < 4.78 is 6.12. The van der Waals surface area contributed by atoms with Gasteiger partial charge in [-0.25, -0.2) is 0 Å². The second-order valence-corrected chi connectivity index (χ2v) is 7.28. The van der Waals surface area contributed by atoms with Gasteiger partial charge in [-0.1, -0.05) is 90.4 Å². The zero-order valence-electron chi connectivity index (χ0n) is 17.8. The van der Waals surface area contributed by atoms with Gasteiger partial charge in [0.25, 0.3) is 0 Å². The number of unbranched alkanes of at least 4 members (excludes halogenated alkanes) is 9. The molecule has 26 heavy (non-hydrogen) atoms. The number of hydrogen-bond acceptors (Lipinski definition) is 2. The van der Waals surface area contributed by atoms with E-state index in [1.165, 1.54) is 64.2 Å². The largest absolute Gasteiger partial charge is 0.497 e. The van der Waals surface area contributed by atoms with Crippen LogP contribution in [-0.4, -0.2) is 6.10 Å². The van der Waals surface area contributed by atoms with Gasteiger partial charge in [-0.3, -0.25) is 0 Å². The van der Waals surface area contributed by atoms with Crippen LogP contribution in [0.25, 0.3) is 0 Å². The normalized spacial score (nSPS) is 14.6. The predicted octanol–water partition coefficient (Wildman–Crippen LogP) is 7.66. The van der Waals surface area contributed by atoms with Gasteiger partial charge in [-0.05, 0) is 44.4 Å². The van der Waals surface area contributed by atoms with E-state index in [1.807, 2.05) is 6.26 Å². The molecule has 0 fully saturated rings.